The number of hydrogen-bond donors (Lipinski definition) is 3. The minimum atomic E-state index is -0.603. The lowest BCUT2D eigenvalue weighted by Crippen LogP contribution is -2.29. The summed E-state index contributed by atoms with van der Waals surface area (Å²) in [5, 5.41) is 15.5. The third kappa shape index (κ3) is 6.08. The summed E-state index contributed by atoms with van der Waals surface area (Å²) in [5.74, 6) is -0.311. The molecule has 2 amide bonds. The van der Waals surface area contributed by atoms with Gasteiger partial charge in [0.15, 0.2) is 0 Å². The van der Waals surface area contributed by atoms with Gasteiger partial charge in [-0.25, -0.2) is 9.18 Å². The molecule has 0 aliphatic heterocycles. The quantitative estimate of drug-likeness (QED) is 0.679. The predicted octanol–water partition coefficient (Wildman–Crippen LogP) is 3.85. The molecule has 0 radical (unpaired) electrons. The first-order chi connectivity index (χ1) is 11.1. The van der Waals surface area contributed by atoms with Gasteiger partial charge in [-0.05, 0) is 49.1 Å². The lowest BCUT2D eigenvalue weighted by Gasteiger charge is -2.11. The Morgan fingerprint density at radius 1 is 1.04 bits per heavy atom. The summed E-state index contributed by atoms with van der Waals surface area (Å²) < 4.78 is 12.8. The second-order valence-electron chi connectivity index (χ2n) is 5.31. The number of aliphatic hydroxyl groups excluding tert-OH is 1. The van der Waals surface area contributed by atoms with Crippen molar-refractivity contribution in [2.45, 2.75) is 25.4 Å². The average Bonchev–Trinajstić information content (AvgIpc) is 2.56. The Balaban J connectivity index is 1.60. The average molecular weight is 316 g/mol. The molecule has 2 aromatic rings. The van der Waals surface area contributed by atoms with Crippen molar-refractivity contribution in [1.29, 1.82) is 0 Å². The Morgan fingerprint density at radius 2 is 1.74 bits per heavy atom. The summed E-state index contributed by atoms with van der Waals surface area (Å²) in [6.07, 6.45) is 1.51. The van der Waals surface area contributed by atoms with Gasteiger partial charge in [0.1, 0.15) is 5.82 Å². The molecule has 5 heteroatoms. The van der Waals surface area contributed by atoms with Crippen LogP contribution in [0.2, 0.25) is 0 Å². The molecule has 4 nitrogen and oxygen atoms in total. The third-order valence-corrected chi connectivity index (χ3v) is 3.48. The Morgan fingerprint density at radius 3 is 2.43 bits per heavy atom. The van der Waals surface area contributed by atoms with Gasteiger partial charge in [0.05, 0.1) is 6.10 Å². The number of para-hydroxylation sites is 1. The smallest absolute Gasteiger partial charge is 0.319 e. The molecule has 0 aliphatic carbocycles. The number of hydrogen-bond acceptors (Lipinski definition) is 2. The first-order valence-electron chi connectivity index (χ1n) is 7.68. The maximum atomic E-state index is 12.8. The molecular weight excluding hydrogens is 295 g/mol. The fourth-order valence-corrected chi connectivity index (χ4v) is 2.21. The van der Waals surface area contributed by atoms with Crippen LogP contribution in [-0.4, -0.2) is 17.7 Å². The van der Waals surface area contributed by atoms with Crippen molar-refractivity contribution in [2.24, 2.45) is 0 Å². The molecule has 0 fully saturated rings. The first kappa shape index (κ1) is 17.0. The van der Waals surface area contributed by atoms with Crippen LogP contribution in [0.5, 0.6) is 0 Å². The Labute approximate surface area is 135 Å². The van der Waals surface area contributed by atoms with E-state index in [1.54, 1.807) is 12.1 Å². The first-order valence-corrected chi connectivity index (χ1v) is 7.68. The van der Waals surface area contributed by atoms with E-state index in [2.05, 4.69) is 10.6 Å². The molecule has 0 heterocycles. The van der Waals surface area contributed by atoms with E-state index in [-0.39, 0.29) is 11.8 Å². The van der Waals surface area contributed by atoms with Crippen molar-refractivity contribution in [3.63, 3.8) is 0 Å². The lowest BCUT2D eigenvalue weighted by molar-refractivity contribution is 0.163. The number of benzene rings is 2. The van der Waals surface area contributed by atoms with Crippen LogP contribution >= 0.6 is 0 Å². The van der Waals surface area contributed by atoms with Crippen LogP contribution in [0.15, 0.2) is 54.6 Å². The van der Waals surface area contributed by atoms with E-state index in [9.17, 15) is 14.3 Å². The summed E-state index contributed by atoms with van der Waals surface area (Å²) >= 11 is 0. The number of nitrogens with one attached hydrogen (secondary N) is 2. The topological polar surface area (TPSA) is 61.4 Å². The highest BCUT2D eigenvalue weighted by Gasteiger charge is 2.07. The second-order valence-corrected chi connectivity index (χ2v) is 5.31. The predicted molar refractivity (Wildman–Crippen MR) is 88.7 cm³/mol. The van der Waals surface area contributed by atoms with Crippen LogP contribution in [0.25, 0.3) is 0 Å². The third-order valence-electron chi connectivity index (χ3n) is 3.48. The number of rotatable bonds is 7. The van der Waals surface area contributed by atoms with Gasteiger partial charge >= 0.3 is 6.03 Å². The van der Waals surface area contributed by atoms with Crippen LogP contribution in [0, 0.1) is 5.82 Å². The fourth-order valence-electron chi connectivity index (χ4n) is 2.21. The van der Waals surface area contributed by atoms with Gasteiger partial charge in [0, 0.05) is 12.2 Å². The molecule has 122 valence electrons. The molecule has 0 saturated carbocycles. The van der Waals surface area contributed by atoms with Gasteiger partial charge in [-0.2, -0.15) is 0 Å². The van der Waals surface area contributed by atoms with Crippen molar-refractivity contribution in [3.05, 3.63) is 66.0 Å². The van der Waals surface area contributed by atoms with E-state index in [0.29, 0.717) is 18.5 Å². The molecule has 1 unspecified atom stereocenters. The molecule has 1 atom stereocenters. The summed E-state index contributed by atoms with van der Waals surface area (Å²) in [6.45, 7) is 0.537. The normalized spacial score (nSPS) is 11.7. The van der Waals surface area contributed by atoms with Crippen molar-refractivity contribution < 1.29 is 14.3 Å². The number of anilines is 1. The number of halogens is 1. The molecule has 3 N–H and O–H groups in total. The lowest BCUT2D eigenvalue weighted by atomic mass is 10.0. The number of aliphatic hydroxyl groups is 1. The molecule has 0 aromatic heterocycles. The largest absolute Gasteiger partial charge is 0.388 e. The van der Waals surface area contributed by atoms with Crippen molar-refractivity contribution >= 4 is 11.7 Å². The standard InChI is InChI=1S/C18H21FN2O2/c19-15-11-9-14(10-12-15)17(22)8-4-5-13-20-18(23)21-16-6-2-1-3-7-16/h1-3,6-7,9-12,17,22H,4-5,8,13H2,(H2,20,21,23). The van der Waals surface area contributed by atoms with Gasteiger partial charge in [-0.3, -0.25) is 0 Å². The molecular formula is C18H21FN2O2. The Kier molecular flexibility index (Phi) is 6.56. The molecule has 0 saturated heterocycles. The highest BCUT2D eigenvalue weighted by molar-refractivity contribution is 5.89. The number of amides is 2. The van der Waals surface area contributed by atoms with E-state index in [4.69, 9.17) is 0 Å². The molecule has 0 bridgehead atoms. The number of urea groups is 1. The minimum absolute atomic E-state index is 0.240. The summed E-state index contributed by atoms with van der Waals surface area (Å²) in [7, 11) is 0. The Bertz CT molecular complexity index is 602. The highest BCUT2D eigenvalue weighted by Crippen LogP contribution is 2.19. The van der Waals surface area contributed by atoms with E-state index < -0.39 is 6.10 Å². The Hall–Kier alpha value is -2.40. The van der Waals surface area contributed by atoms with Crippen LogP contribution in [-0.2, 0) is 0 Å². The molecule has 0 spiro atoms. The van der Waals surface area contributed by atoms with Gasteiger partial charge in [-0.1, -0.05) is 30.3 Å². The molecule has 2 aromatic carbocycles. The van der Waals surface area contributed by atoms with Gasteiger partial charge in [0.2, 0.25) is 0 Å². The van der Waals surface area contributed by atoms with Crippen LogP contribution in [0.3, 0.4) is 0 Å². The zero-order valence-electron chi connectivity index (χ0n) is 12.8. The van der Waals surface area contributed by atoms with E-state index in [1.807, 2.05) is 30.3 Å². The second kappa shape index (κ2) is 8.90. The van der Waals surface area contributed by atoms with Gasteiger partial charge < -0.3 is 15.7 Å². The summed E-state index contributed by atoms with van der Waals surface area (Å²) in [4.78, 5) is 11.7. The zero-order chi connectivity index (χ0) is 16.5. The van der Waals surface area contributed by atoms with Crippen molar-refractivity contribution in [2.75, 3.05) is 11.9 Å². The number of unbranched alkanes of at least 4 members (excludes halogenated alkanes) is 1. The zero-order valence-corrected chi connectivity index (χ0v) is 12.8. The van der Waals surface area contributed by atoms with Gasteiger partial charge in [0.25, 0.3) is 0 Å². The molecule has 0 aliphatic rings. The summed E-state index contributed by atoms with van der Waals surface area (Å²) in [6, 6.07) is 14.8. The SMILES string of the molecule is O=C(NCCCCC(O)c1ccc(F)cc1)Nc1ccccc1. The fraction of sp³-hybridized carbons (Fsp3) is 0.278. The van der Waals surface area contributed by atoms with E-state index in [1.165, 1.54) is 12.1 Å². The number of carbonyl (C=O) groups excluding carboxylic acids is 1. The van der Waals surface area contributed by atoms with E-state index >= 15 is 0 Å². The minimum Gasteiger partial charge on any atom is -0.388 e. The van der Waals surface area contributed by atoms with Crippen molar-refractivity contribution in [1.82, 2.24) is 5.32 Å². The number of carbonyl (C=O) groups is 1. The van der Waals surface area contributed by atoms with Gasteiger partial charge in [-0.15, -0.1) is 0 Å². The summed E-state index contributed by atoms with van der Waals surface area (Å²) in [5.41, 5.74) is 1.46. The molecule has 2 rings (SSSR count). The monoisotopic (exact) mass is 316 g/mol. The highest BCUT2D eigenvalue weighted by atomic mass is 19.1. The van der Waals surface area contributed by atoms with Crippen LogP contribution in [0.4, 0.5) is 14.9 Å². The maximum absolute atomic E-state index is 12.8. The van der Waals surface area contributed by atoms with Crippen LogP contribution in [0.1, 0.15) is 30.9 Å². The molecule has 23 heavy (non-hydrogen) atoms. The van der Waals surface area contributed by atoms with E-state index in [0.717, 1.165) is 18.5 Å². The maximum Gasteiger partial charge on any atom is 0.319 e. The van der Waals surface area contributed by atoms with Crippen molar-refractivity contribution in [3.8, 4) is 0 Å². The van der Waals surface area contributed by atoms with Crippen LogP contribution < -0.4 is 10.6 Å².